The summed E-state index contributed by atoms with van der Waals surface area (Å²) in [5.74, 6) is 0.822. The summed E-state index contributed by atoms with van der Waals surface area (Å²) in [6, 6.07) is 3.64. The van der Waals surface area contributed by atoms with Gasteiger partial charge in [-0.1, -0.05) is 6.08 Å². The maximum atomic E-state index is 11.6. The zero-order chi connectivity index (χ0) is 15.4. The summed E-state index contributed by atoms with van der Waals surface area (Å²) in [4.78, 5) is 23.1. The van der Waals surface area contributed by atoms with Crippen LogP contribution in [0.2, 0.25) is 0 Å². The van der Waals surface area contributed by atoms with Crippen molar-refractivity contribution in [3.05, 3.63) is 40.8 Å². The molecule has 2 amide bonds. The van der Waals surface area contributed by atoms with Gasteiger partial charge in [0.25, 0.3) is 11.1 Å². The zero-order valence-corrected chi connectivity index (χ0v) is 12.6. The fraction of sp³-hybridized carbons (Fsp3) is 0.200. The second-order valence-corrected chi connectivity index (χ2v) is 5.28. The normalized spacial score (nSPS) is 16.0. The molecule has 1 aromatic rings. The van der Waals surface area contributed by atoms with Gasteiger partial charge in [-0.3, -0.25) is 14.9 Å². The monoisotopic (exact) mass is 305 g/mol. The van der Waals surface area contributed by atoms with Crippen LogP contribution >= 0.6 is 11.8 Å². The van der Waals surface area contributed by atoms with Crippen molar-refractivity contribution in [1.29, 1.82) is 0 Å². The number of carbonyl (C=O) groups excluding carboxylic acids is 2. The summed E-state index contributed by atoms with van der Waals surface area (Å²) in [6.07, 6.45) is 4.02. The fourth-order valence-corrected chi connectivity index (χ4v) is 2.71. The number of benzene rings is 1. The van der Waals surface area contributed by atoms with Crippen LogP contribution in [0.15, 0.2) is 29.7 Å². The smallest absolute Gasteiger partial charge is 0.290 e. The molecule has 1 fully saturated rings. The number of methoxy groups -OCH3 is 2. The Morgan fingerprint density at radius 2 is 2.05 bits per heavy atom. The van der Waals surface area contributed by atoms with Crippen LogP contribution in [0.25, 0.3) is 6.08 Å². The molecule has 0 bridgehead atoms. The predicted octanol–water partition coefficient (Wildman–Crippen LogP) is 2.76. The van der Waals surface area contributed by atoms with E-state index >= 15 is 0 Å². The van der Waals surface area contributed by atoms with Gasteiger partial charge in [-0.15, -0.1) is 6.58 Å². The molecule has 1 heterocycles. The molecule has 2 rings (SSSR count). The summed E-state index contributed by atoms with van der Waals surface area (Å²) in [7, 11) is 3.12. The number of ether oxygens (including phenoxy) is 2. The van der Waals surface area contributed by atoms with E-state index in [0.717, 1.165) is 22.9 Å². The van der Waals surface area contributed by atoms with Crippen LogP contribution < -0.4 is 14.8 Å². The molecule has 21 heavy (non-hydrogen) atoms. The van der Waals surface area contributed by atoms with Crippen molar-refractivity contribution >= 4 is 29.0 Å². The Morgan fingerprint density at radius 1 is 1.29 bits per heavy atom. The van der Waals surface area contributed by atoms with E-state index < -0.39 is 0 Å². The molecule has 5 nitrogen and oxygen atoms in total. The first-order valence-corrected chi connectivity index (χ1v) is 7.01. The molecular weight excluding hydrogens is 290 g/mol. The van der Waals surface area contributed by atoms with E-state index in [2.05, 4.69) is 11.9 Å². The highest BCUT2D eigenvalue weighted by Crippen LogP contribution is 2.35. The Balaban J connectivity index is 2.47. The fourth-order valence-electron chi connectivity index (χ4n) is 2.03. The highest BCUT2D eigenvalue weighted by Gasteiger charge is 2.25. The van der Waals surface area contributed by atoms with Crippen LogP contribution in [0.5, 0.6) is 11.5 Å². The molecule has 0 aliphatic carbocycles. The van der Waals surface area contributed by atoms with E-state index in [1.165, 1.54) is 0 Å². The molecule has 0 spiro atoms. The number of allylic oxidation sites excluding steroid dienone is 1. The third-order valence-electron chi connectivity index (χ3n) is 2.88. The van der Waals surface area contributed by atoms with Gasteiger partial charge in [-0.25, -0.2) is 0 Å². The molecule has 0 saturated carbocycles. The Bertz CT molecular complexity index is 637. The average molecular weight is 305 g/mol. The van der Waals surface area contributed by atoms with Crippen molar-refractivity contribution in [2.24, 2.45) is 0 Å². The minimum Gasteiger partial charge on any atom is -0.493 e. The van der Waals surface area contributed by atoms with Crippen molar-refractivity contribution in [2.45, 2.75) is 6.42 Å². The van der Waals surface area contributed by atoms with Crippen LogP contribution in [-0.2, 0) is 11.2 Å². The molecule has 1 saturated heterocycles. The molecule has 6 heteroatoms. The number of amides is 2. The van der Waals surface area contributed by atoms with Gasteiger partial charge in [0.1, 0.15) is 0 Å². The molecule has 0 unspecified atom stereocenters. The molecule has 1 N–H and O–H groups in total. The second-order valence-electron chi connectivity index (χ2n) is 4.26. The van der Waals surface area contributed by atoms with Crippen LogP contribution in [-0.4, -0.2) is 25.4 Å². The molecule has 0 aromatic heterocycles. The van der Waals surface area contributed by atoms with E-state index in [4.69, 9.17) is 9.47 Å². The summed E-state index contributed by atoms with van der Waals surface area (Å²) >= 11 is 0.880. The van der Waals surface area contributed by atoms with E-state index in [1.807, 2.05) is 6.07 Å². The Labute approximate surface area is 127 Å². The van der Waals surface area contributed by atoms with Crippen LogP contribution in [0.1, 0.15) is 11.1 Å². The van der Waals surface area contributed by atoms with E-state index in [0.29, 0.717) is 22.8 Å². The third-order valence-corrected chi connectivity index (χ3v) is 3.69. The molecule has 0 radical (unpaired) electrons. The van der Waals surface area contributed by atoms with Gasteiger partial charge < -0.3 is 9.47 Å². The Kier molecular flexibility index (Phi) is 4.70. The van der Waals surface area contributed by atoms with Gasteiger partial charge in [-0.2, -0.15) is 0 Å². The molecule has 1 aliphatic rings. The summed E-state index contributed by atoms with van der Waals surface area (Å²) in [5.41, 5.74) is 1.66. The van der Waals surface area contributed by atoms with E-state index in [1.54, 1.807) is 32.4 Å². The quantitative estimate of drug-likeness (QED) is 0.669. The first-order chi connectivity index (χ1) is 10.1. The zero-order valence-electron chi connectivity index (χ0n) is 11.8. The van der Waals surface area contributed by atoms with Gasteiger partial charge in [0, 0.05) is 5.56 Å². The van der Waals surface area contributed by atoms with Gasteiger partial charge in [0.2, 0.25) is 0 Å². The second kappa shape index (κ2) is 6.49. The third kappa shape index (κ3) is 3.28. The average Bonchev–Trinajstić information content (AvgIpc) is 2.76. The van der Waals surface area contributed by atoms with Gasteiger partial charge in [-0.05, 0) is 42.0 Å². The van der Waals surface area contributed by atoms with E-state index in [-0.39, 0.29) is 11.1 Å². The first-order valence-electron chi connectivity index (χ1n) is 6.19. The van der Waals surface area contributed by atoms with Crippen molar-refractivity contribution in [1.82, 2.24) is 5.32 Å². The number of carbonyl (C=O) groups is 2. The lowest BCUT2D eigenvalue weighted by Gasteiger charge is -2.13. The largest absolute Gasteiger partial charge is 0.493 e. The van der Waals surface area contributed by atoms with Crippen molar-refractivity contribution < 1.29 is 19.1 Å². The van der Waals surface area contributed by atoms with Gasteiger partial charge in [0.05, 0.1) is 19.1 Å². The van der Waals surface area contributed by atoms with Gasteiger partial charge in [0.15, 0.2) is 11.5 Å². The molecule has 1 aromatic carbocycles. The SMILES string of the molecule is C=CCc1cc(/C=C2/SC(=O)NC2=O)cc(OC)c1OC. The molecule has 0 atom stereocenters. The first kappa shape index (κ1) is 15.2. The van der Waals surface area contributed by atoms with Crippen molar-refractivity contribution in [3.63, 3.8) is 0 Å². The van der Waals surface area contributed by atoms with Crippen LogP contribution in [0.3, 0.4) is 0 Å². The lowest BCUT2D eigenvalue weighted by atomic mass is 10.0. The van der Waals surface area contributed by atoms with Crippen LogP contribution in [0.4, 0.5) is 4.79 Å². The van der Waals surface area contributed by atoms with Crippen LogP contribution in [0, 0.1) is 0 Å². The lowest BCUT2D eigenvalue weighted by molar-refractivity contribution is -0.115. The molecule has 1 aliphatic heterocycles. The lowest BCUT2D eigenvalue weighted by Crippen LogP contribution is -2.17. The van der Waals surface area contributed by atoms with Crippen molar-refractivity contribution in [2.75, 3.05) is 14.2 Å². The maximum absolute atomic E-state index is 11.6. The number of thioether (sulfide) groups is 1. The predicted molar refractivity (Wildman–Crippen MR) is 82.6 cm³/mol. The Morgan fingerprint density at radius 3 is 2.57 bits per heavy atom. The Hall–Kier alpha value is -2.21. The minimum atomic E-state index is -0.384. The highest BCUT2D eigenvalue weighted by atomic mass is 32.2. The highest BCUT2D eigenvalue weighted by molar-refractivity contribution is 8.18. The maximum Gasteiger partial charge on any atom is 0.290 e. The standard InChI is InChI=1S/C15H15NO4S/c1-4-5-10-6-9(7-11(19-2)13(10)20-3)8-12-14(17)16-15(18)21-12/h4,6-8H,1,5H2,2-3H3,(H,16,17,18)/b12-8+. The summed E-state index contributed by atoms with van der Waals surface area (Å²) in [6.45, 7) is 3.72. The number of imide groups is 1. The number of rotatable bonds is 5. The number of hydrogen-bond donors (Lipinski definition) is 1. The van der Waals surface area contributed by atoms with Gasteiger partial charge >= 0.3 is 0 Å². The minimum absolute atomic E-state index is 0.358. The van der Waals surface area contributed by atoms with Crippen molar-refractivity contribution in [3.8, 4) is 11.5 Å². The van der Waals surface area contributed by atoms with E-state index in [9.17, 15) is 9.59 Å². The summed E-state index contributed by atoms with van der Waals surface area (Å²) < 4.78 is 10.7. The number of nitrogens with one attached hydrogen (secondary N) is 1. The molecule has 110 valence electrons. The number of hydrogen-bond acceptors (Lipinski definition) is 5. The topological polar surface area (TPSA) is 64.6 Å². The molecular formula is C15H15NO4S. The summed E-state index contributed by atoms with van der Waals surface area (Å²) in [5, 5.41) is 1.86.